The number of fused-ring (bicyclic) bond motifs is 2. The normalized spacial score (nSPS) is 13.6. The molecule has 1 unspecified atom stereocenters. The maximum atomic E-state index is 6.12. The average molecular weight is 688 g/mol. The lowest BCUT2D eigenvalue weighted by Gasteiger charge is -2.12. The lowest BCUT2D eigenvalue weighted by atomic mass is 9.97. The molecule has 4 aromatic carbocycles. The number of aryl methyl sites for hydroxylation is 2. The highest BCUT2D eigenvalue weighted by atomic mass is 16.5. The van der Waals surface area contributed by atoms with E-state index in [0.717, 1.165) is 91.1 Å². The zero-order chi connectivity index (χ0) is 36.9. The Morgan fingerprint density at radius 2 is 1.65 bits per heavy atom. The van der Waals surface area contributed by atoms with E-state index in [0.29, 0.717) is 0 Å². The number of hydrogen-bond acceptors (Lipinski definition) is 2. The van der Waals surface area contributed by atoms with Crippen LogP contribution in [0.1, 0.15) is 93.0 Å². The minimum Gasteiger partial charge on any atom is -0.464 e. The Morgan fingerprint density at radius 3 is 2.48 bits per heavy atom. The molecule has 0 fully saturated rings. The Kier molecular flexibility index (Phi) is 13.9. The second-order valence-electron chi connectivity index (χ2n) is 14.5. The summed E-state index contributed by atoms with van der Waals surface area (Å²) in [6, 6.07) is 26.4. The van der Waals surface area contributed by atoms with Gasteiger partial charge in [0.15, 0.2) is 0 Å². The van der Waals surface area contributed by atoms with E-state index in [2.05, 4.69) is 143 Å². The van der Waals surface area contributed by atoms with Gasteiger partial charge < -0.3 is 10.1 Å². The maximum absolute atomic E-state index is 6.12. The zero-order valence-corrected chi connectivity index (χ0v) is 31.8. The Hall–Kier alpha value is -5.08. The molecule has 268 valence electrons. The third kappa shape index (κ3) is 11.0. The van der Waals surface area contributed by atoms with Crippen molar-refractivity contribution in [3.8, 4) is 5.75 Å². The highest BCUT2D eigenvalue weighted by Crippen LogP contribution is 2.29. The lowest BCUT2D eigenvalue weighted by Crippen LogP contribution is -2.24. The fraction of sp³-hybridized carbons (Fsp3) is 0.280. The van der Waals surface area contributed by atoms with Crippen molar-refractivity contribution in [2.24, 2.45) is 5.92 Å². The predicted octanol–water partition coefficient (Wildman–Crippen LogP) is 12.0. The van der Waals surface area contributed by atoms with E-state index < -0.39 is 0 Å². The van der Waals surface area contributed by atoms with Gasteiger partial charge in [0.25, 0.3) is 0 Å². The van der Waals surface area contributed by atoms with Gasteiger partial charge in [-0.15, -0.1) is 0 Å². The van der Waals surface area contributed by atoms with Crippen molar-refractivity contribution in [1.29, 1.82) is 0 Å². The first kappa shape index (κ1) is 38.2. The summed E-state index contributed by atoms with van der Waals surface area (Å²) in [6.45, 7) is 24.7. The summed E-state index contributed by atoms with van der Waals surface area (Å²) in [7, 11) is 0. The molecular formula is C50H57NO. The number of unbranched alkanes of at least 4 members (excludes halogenated alkanes) is 2. The van der Waals surface area contributed by atoms with Crippen molar-refractivity contribution >= 4 is 40.3 Å². The van der Waals surface area contributed by atoms with Crippen LogP contribution in [0, 0.1) is 12.8 Å². The molecule has 0 bridgehead atoms. The quantitative estimate of drug-likeness (QED) is 0.0830. The van der Waals surface area contributed by atoms with Crippen LogP contribution in [0.4, 0.5) is 0 Å². The summed E-state index contributed by atoms with van der Waals surface area (Å²) in [6.07, 6.45) is 21.9. The second-order valence-corrected chi connectivity index (χ2v) is 14.5. The van der Waals surface area contributed by atoms with Crippen LogP contribution in [0.5, 0.6) is 5.75 Å². The monoisotopic (exact) mass is 687 g/mol. The molecule has 0 spiro atoms. The van der Waals surface area contributed by atoms with E-state index in [1.54, 1.807) is 0 Å². The van der Waals surface area contributed by atoms with Gasteiger partial charge in [0.05, 0.1) is 6.26 Å². The largest absolute Gasteiger partial charge is 0.464 e. The number of ether oxygens (including phenoxy) is 1. The summed E-state index contributed by atoms with van der Waals surface area (Å²) in [5.74, 6) is 1.60. The van der Waals surface area contributed by atoms with E-state index in [4.69, 9.17) is 4.74 Å². The number of rotatable bonds is 18. The molecular weight excluding hydrogens is 631 g/mol. The van der Waals surface area contributed by atoms with Crippen molar-refractivity contribution in [3.63, 3.8) is 0 Å². The standard InChI is InChI=1S/C50H57NO/c1-8-13-46-32-41(18-15-36(3)9-2)19-23-43(46)21-16-37(4)30-42-20-24-49-34-45(27-28-50(49)52-35-42)40(7)51-29-12-10-11-14-39(6)44-25-26-47-31-38(5)17-22-48(47)33-44/h8,13,17,19-28,31-36,51H,1,4,6-7,9-12,14-16,18,29-30H2,2-3,5H3/b43-21-,46-13-. The topological polar surface area (TPSA) is 21.3 Å². The zero-order valence-electron chi connectivity index (χ0n) is 31.8. The Bertz CT molecular complexity index is 2110. The Labute approximate surface area is 313 Å². The molecule has 2 heteroatoms. The van der Waals surface area contributed by atoms with Gasteiger partial charge in [0.2, 0.25) is 0 Å². The number of allylic oxidation sites excluding steroid dienone is 5. The number of nitrogens with one attached hydrogen (secondary N) is 1. The van der Waals surface area contributed by atoms with Gasteiger partial charge in [0, 0.05) is 17.8 Å². The van der Waals surface area contributed by atoms with Gasteiger partial charge >= 0.3 is 0 Å². The van der Waals surface area contributed by atoms with Crippen molar-refractivity contribution in [2.45, 2.75) is 78.6 Å². The molecule has 0 radical (unpaired) electrons. The van der Waals surface area contributed by atoms with Crippen LogP contribution in [0.25, 0.3) is 40.3 Å². The Morgan fingerprint density at radius 1 is 0.846 bits per heavy atom. The summed E-state index contributed by atoms with van der Waals surface area (Å²) in [5, 5.41) is 8.55. The van der Waals surface area contributed by atoms with Crippen LogP contribution in [-0.2, 0) is 6.42 Å². The maximum Gasteiger partial charge on any atom is 0.133 e. The average Bonchev–Trinajstić information content (AvgIpc) is 3.36. The minimum atomic E-state index is 0.749. The van der Waals surface area contributed by atoms with Crippen LogP contribution in [0.3, 0.4) is 0 Å². The van der Waals surface area contributed by atoms with E-state index in [-0.39, 0.29) is 0 Å². The van der Waals surface area contributed by atoms with Crippen LogP contribution in [-0.4, -0.2) is 6.54 Å². The van der Waals surface area contributed by atoms with Crippen LogP contribution in [0.2, 0.25) is 0 Å². The minimum absolute atomic E-state index is 0.749. The molecule has 0 saturated heterocycles. The van der Waals surface area contributed by atoms with Gasteiger partial charge in [-0.25, -0.2) is 0 Å². The molecule has 1 N–H and O–H groups in total. The number of hydrogen-bond donors (Lipinski definition) is 1. The first-order valence-corrected chi connectivity index (χ1v) is 19.1. The summed E-state index contributed by atoms with van der Waals surface area (Å²) in [5.41, 5.74) is 10.4. The van der Waals surface area contributed by atoms with Crippen molar-refractivity contribution in [2.75, 3.05) is 6.54 Å². The lowest BCUT2D eigenvalue weighted by molar-refractivity contribution is 0.476. The first-order chi connectivity index (χ1) is 25.2. The van der Waals surface area contributed by atoms with Crippen molar-refractivity contribution in [1.82, 2.24) is 5.32 Å². The van der Waals surface area contributed by atoms with Gasteiger partial charge in [-0.3, -0.25) is 0 Å². The molecule has 52 heavy (non-hydrogen) atoms. The summed E-state index contributed by atoms with van der Waals surface area (Å²) < 4.78 is 6.12. The highest BCUT2D eigenvalue weighted by molar-refractivity contribution is 5.86. The molecule has 2 nitrogen and oxygen atoms in total. The van der Waals surface area contributed by atoms with Gasteiger partial charge in [-0.2, -0.15) is 0 Å². The summed E-state index contributed by atoms with van der Waals surface area (Å²) in [4.78, 5) is 0. The molecule has 1 heterocycles. The molecule has 1 atom stereocenters. The third-order valence-corrected chi connectivity index (χ3v) is 10.2. The molecule has 4 aromatic rings. The molecule has 5 rings (SSSR count). The van der Waals surface area contributed by atoms with E-state index in [1.807, 2.05) is 18.4 Å². The van der Waals surface area contributed by atoms with E-state index >= 15 is 0 Å². The third-order valence-electron chi connectivity index (χ3n) is 10.2. The number of benzene rings is 4. The van der Waals surface area contributed by atoms with E-state index in [1.165, 1.54) is 56.3 Å². The van der Waals surface area contributed by atoms with Gasteiger partial charge in [0.1, 0.15) is 5.75 Å². The predicted molar refractivity (Wildman–Crippen MR) is 228 cm³/mol. The molecule has 0 aromatic heterocycles. The van der Waals surface area contributed by atoms with E-state index in [9.17, 15) is 0 Å². The van der Waals surface area contributed by atoms with Crippen LogP contribution >= 0.6 is 0 Å². The molecule has 0 saturated carbocycles. The van der Waals surface area contributed by atoms with Gasteiger partial charge in [-0.1, -0.05) is 143 Å². The highest BCUT2D eigenvalue weighted by Gasteiger charge is 2.10. The first-order valence-electron chi connectivity index (χ1n) is 19.1. The van der Waals surface area contributed by atoms with Crippen molar-refractivity contribution in [3.05, 3.63) is 167 Å². The smallest absolute Gasteiger partial charge is 0.133 e. The second kappa shape index (κ2) is 19.0. The molecule has 1 aliphatic heterocycles. The molecule has 1 aliphatic rings. The molecule has 0 amide bonds. The van der Waals surface area contributed by atoms with Gasteiger partial charge in [-0.05, 0) is 131 Å². The Balaban J connectivity index is 1.07. The summed E-state index contributed by atoms with van der Waals surface area (Å²) >= 11 is 0. The van der Waals surface area contributed by atoms with Crippen LogP contribution in [0.15, 0.2) is 129 Å². The molecule has 0 aliphatic carbocycles. The fourth-order valence-electron chi connectivity index (χ4n) is 6.63. The van der Waals surface area contributed by atoms with Crippen molar-refractivity contribution < 1.29 is 4.74 Å². The fourth-order valence-corrected chi connectivity index (χ4v) is 6.63. The van der Waals surface area contributed by atoms with Crippen LogP contribution < -0.4 is 20.5 Å². The SMILES string of the molecule is C=C/C=c1/cc(CCC(C)CC)cc/c1=C/CC(=C)CC1=COc2ccc(C(=C)NCCCCCC(=C)c3ccc4cc(C)ccc4c3)cc2C=C1.